The summed E-state index contributed by atoms with van der Waals surface area (Å²) in [5.41, 5.74) is 3.02. The van der Waals surface area contributed by atoms with E-state index in [1.807, 2.05) is 31.2 Å². The van der Waals surface area contributed by atoms with Crippen molar-refractivity contribution in [3.63, 3.8) is 0 Å². The molecule has 1 unspecified atom stereocenters. The second-order valence-corrected chi connectivity index (χ2v) is 8.25. The van der Waals surface area contributed by atoms with Gasteiger partial charge in [-0.25, -0.2) is 4.79 Å². The Morgan fingerprint density at radius 1 is 1.04 bits per heavy atom. The molecule has 4 nitrogen and oxygen atoms in total. The normalized spacial score (nSPS) is 15.9. The molecule has 0 amide bonds. The van der Waals surface area contributed by atoms with E-state index in [1.54, 1.807) is 0 Å². The van der Waals surface area contributed by atoms with Crippen LogP contribution in [0.25, 0.3) is 21.9 Å². The van der Waals surface area contributed by atoms with Crippen LogP contribution in [0.5, 0.6) is 0 Å². The minimum atomic E-state index is -0.292. The highest BCUT2D eigenvalue weighted by atomic mass is 79.9. The Bertz CT molecular complexity index is 993. The van der Waals surface area contributed by atoms with Gasteiger partial charge in [-0.05, 0) is 24.1 Å². The van der Waals surface area contributed by atoms with Crippen LogP contribution in [-0.4, -0.2) is 31.2 Å². The molecule has 0 spiro atoms. The smallest absolute Gasteiger partial charge is 0.343 e. The molecule has 2 aromatic carbocycles. The third-order valence-corrected chi connectivity index (χ3v) is 5.39. The molecule has 3 aromatic rings. The molecule has 0 aliphatic carbocycles. The van der Waals surface area contributed by atoms with E-state index in [0.29, 0.717) is 11.1 Å². The Labute approximate surface area is 183 Å². The maximum Gasteiger partial charge on any atom is 0.343 e. The van der Waals surface area contributed by atoms with Crippen molar-refractivity contribution >= 4 is 43.7 Å². The van der Waals surface area contributed by atoms with Gasteiger partial charge in [0.1, 0.15) is 5.76 Å². The van der Waals surface area contributed by atoms with Crippen molar-refractivity contribution < 1.29 is 9.15 Å². The first kappa shape index (κ1) is 21.2. The number of rotatable bonds is 4. The summed E-state index contributed by atoms with van der Waals surface area (Å²) >= 11 is 3.58. The average molecular weight is 509 g/mol. The largest absolute Gasteiger partial charge is 0.426 e. The lowest BCUT2D eigenvalue weighted by atomic mass is 9.96. The van der Waals surface area contributed by atoms with Crippen molar-refractivity contribution in [3.05, 3.63) is 70.3 Å². The lowest BCUT2D eigenvalue weighted by molar-refractivity contribution is 0.0342. The number of hydrogen-bond donors (Lipinski definition) is 0. The van der Waals surface area contributed by atoms with E-state index >= 15 is 0 Å². The predicted molar refractivity (Wildman–Crippen MR) is 122 cm³/mol. The van der Waals surface area contributed by atoms with Crippen molar-refractivity contribution in [1.29, 1.82) is 0 Å². The SMILES string of the molecule is Br.CC(Br)c1oc(=O)c2ccccc2c1-c1ccc(CN2CCOCC2)cc1. The summed E-state index contributed by atoms with van der Waals surface area (Å²) in [5, 5.41) is 1.54. The van der Waals surface area contributed by atoms with E-state index in [4.69, 9.17) is 9.15 Å². The van der Waals surface area contributed by atoms with Crippen LogP contribution in [0.2, 0.25) is 0 Å². The van der Waals surface area contributed by atoms with Crippen LogP contribution < -0.4 is 5.63 Å². The van der Waals surface area contributed by atoms with Crippen LogP contribution in [0.4, 0.5) is 0 Å². The van der Waals surface area contributed by atoms with Gasteiger partial charge in [0.2, 0.25) is 0 Å². The van der Waals surface area contributed by atoms with E-state index in [0.717, 1.165) is 49.4 Å². The van der Waals surface area contributed by atoms with Crippen molar-refractivity contribution in [3.8, 4) is 11.1 Å². The first-order valence-corrected chi connectivity index (χ1v) is 10.1. The minimum absolute atomic E-state index is 0. The molecule has 1 aliphatic rings. The molecule has 0 saturated carbocycles. The molecular formula is C22H23Br2NO3. The van der Waals surface area contributed by atoms with Gasteiger partial charge in [-0.3, -0.25) is 4.90 Å². The average Bonchev–Trinajstić information content (AvgIpc) is 2.69. The van der Waals surface area contributed by atoms with Gasteiger partial charge in [0.15, 0.2) is 0 Å². The zero-order valence-corrected chi connectivity index (χ0v) is 19.0. The van der Waals surface area contributed by atoms with Crippen molar-refractivity contribution in [2.45, 2.75) is 18.3 Å². The van der Waals surface area contributed by atoms with E-state index in [9.17, 15) is 4.79 Å². The van der Waals surface area contributed by atoms with E-state index in [1.165, 1.54) is 5.56 Å². The molecule has 1 fully saturated rings. The summed E-state index contributed by atoms with van der Waals surface area (Å²) in [5.74, 6) is 0.666. The Morgan fingerprint density at radius 3 is 2.32 bits per heavy atom. The highest BCUT2D eigenvalue weighted by Gasteiger charge is 2.19. The summed E-state index contributed by atoms with van der Waals surface area (Å²) in [7, 11) is 0. The summed E-state index contributed by atoms with van der Waals surface area (Å²) in [4.78, 5) is 14.7. The summed E-state index contributed by atoms with van der Waals surface area (Å²) in [6.07, 6.45) is 0. The molecule has 1 atom stereocenters. The summed E-state index contributed by atoms with van der Waals surface area (Å²) < 4.78 is 11.1. The number of fused-ring (bicyclic) bond motifs is 1. The monoisotopic (exact) mass is 507 g/mol. The molecule has 1 aliphatic heterocycles. The number of nitrogens with zero attached hydrogens (tertiary/aromatic N) is 1. The summed E-state index contributed by atoms with van der Waals surface area (Å²) in [6, 6.07) is 16.2. The Hall–Kier alpha value is -1.47. The molecule has 0 bridgehead atoms. The Balaban J connectivity index is 0.00000225. The number of alkyl halides is 1. The second kappa shape index (κ2) is 9.35. The van der Waals surface area contributed by atoms with Gasteiger partial charge in [0, 0.05) is 30.6 Å². The van der Waals surface area contributed by atoms with Crippen LogP contribution in [0.15, 0.2) is 57.7 Å². The van der Waals surface area contributed by atoms with Crippen LogP contribution in [0.1, 0.15) is 23.1 Å². The second-order valence-electron chi connectivity index (χ2n) is 6.88. The zero-order valence-electron chi connectivity index (χ0n) is 15.7. The first-order chi connectivity index (χ1) is 13.1. The predicted octanol–water partition coefficient (Wildman–Crippen LogP) is 5.33. The number of morpholine rings is 1. The molecule has 0 N–H and O–H groups in total. The highest BCUT2D eigenvalue weighted by Crippen LogP contribution is 2.36. The van der Waals surface area contributed by atoms with Crippen molar-refractivity contribution in [1.82, 2.24) is 4.90 Å². The van der Waals surface area contributed by atoms with Crippen molar-refractivity contribution in [2.75, 3.05) is 26.3 Å². The van der Waals surface area contributed by atoms with E-state index in [2.05, 4.69) is 45.1 Å². The van der Waals surface area contributed by atoms with Crippen LogP contribution in [0.3, 0.4) is 0 Å². The number of hydrogen-bond acceptors (Lipinski definition) is 4. The highest BCUT2D eigenvalue weighted by molar-refractivity contribution is 9.09. The van der Waals surface area contributed by atoms with Gasteiger partial charge in [-0.1, -0.05) is 58.4 Å². The molecule has 28 heavy (non-hydrogen) atoms. The van der Waals surface area contributed by atoms with Gasteiger partial charge >= 0.3 is 5.63 Å². The molecule has 2 heterocycles. The fraction of sp³-hybridized carbons (Fsp3) is 0.318. The van der Waals surface area contributed by atoms with Gasteiger partial charge < -0.3 is 9.15 Å². The molecule has 6 heteroatoms. The Kier molecular flexibility index (Phi) is 7.10. The number of halogens is 2. The van der Waals surface area contributed by atoms with Gasteiger partial charge in [-0.15, -0.1) is 17.0 Å². The fourth-order valence-corrected chi connectivity index (χ4v) is 3.91. The molecule has 1 aromatic heterocycles. The van der Waals surface area contributed by atoms with Crippen LogP contribution in [0, 0.1) is 0 Å². The molecule has 1 saturated heterocycles. The van der Waals surface area contributed by atoms with Gasteiger partial charge in [0.05, 0.1) is 23.4 Å². The number of benzene rings is 2. The zero-order chi connectivity index (χ0) is 18.8. The number of ether oxygens (including phenoxy) is 1. The maximum absolute atomic E-state index is 12.4. The third kappa shape index (κ3) is 4.40. The van der Waals surface area contributed by atoms with Crippen LogP contribution in [-0.2, 0) is 11.3 Å². The minimum Gasteiger partial charge on any atom is -0.426 e. The van der Waals surface area contributed by atoms with Crippen LogP contribution >= 0.6 is 32.9 Å². The summed E-state index contributed by atoms with van der Waals surface area (Å²) in [6.45, 7) is 6.46. The van der Waals surface area contributed by atoms with E-state index in [-0.39, 0.29) is 27.4 Å². The Morgan fingerprint density at radius 2 is 1.68 bits per heavy atom. The van der Waals surface area contributed by atoms with E-state index < -0.39 is 0 Å². The molecule has 148 valence electrons. The lowest BCUT2D eigenvalue weighted by Gasteiger charge is -2.26. The third-order valence-electron chi connectivity index (χ3n) is 4.98. The first-order valence-electron chi connectivity index (χ1n) is 9.22. The van der Waals surface area contributed by atoms with Crippen molar-refractivity contribution in [2.24, 2.45) is 0 Å². The van der Waals surface area contributed by atoms with Gasteiger partial charge in [0.25, 0.3) is 0 Å². The molecular weight excluding hydrogens is 486 g/mol. The topological polar surface area (TPSA) is 42.7 Å². The maximum atomic E-state index is 12.4. The van der Waals surface area contributed by atoms with Gasteiger partial charge in [-0.2, -0.15) is 0 Å². The lowest BCUT2D eigenvalue weighted by Crippen LogP contribution is -2.35. The quantitative estimate of drug-likeness (QED) is 0.447. The molecule has 0 radical (unpaired) electrons. The molecule has 4 rings (SSSR count). The fourth-order valence-electron chi connectivity index (χ4n) is 3.59. The standard InChI is InChI=1S/C22H22BrNO3.BrH/c1-15(23)21-20(18-4-2-3-5-19(18)22(25)27-21)17-8-6-16(7-9-17)14-24-10-12-26-13-11-24;/h2-9,15H,10-14H2,1H3;1H.